The van der Waals surface area contributed by atoms with Gasteiger partial charge >= 0.3 is 0 Å². The maximum atomic E-state index is 12.4. The fraction of sp³-hybridized carbons (Fsp3) is 0.474. The van der Waals surface area contributed by atoms with E-state index < -0.39 is 0 Å². The predicted octanol–water partition coefficient (Wildman–Crippen LogP) is 3.35. The van der Waals surface area contributed by atoms with E-state index in [1.165, 1.54) is 25.7 Å². The molecular formula is C19H24N6OS. The van der Waals surface area contributed by atoms with Gasteiger partial charge in [-0.25, -0.2) is 0 Å². The second-order valence-electron chi connectivity index (χ2n) is 6.89. The lowest BCUT2D eigenvalue weighted by molar-refractivity contribution is 0.0949. The summed E-state index contributed by atoms with van der Waals surface area (Å²) < 4.78 is 2.32. The van der Waals surface area contributed by atoms with Crippen LogP contribution in [0, 0.1) is 0 Å². The molecule has 1 saturated carbocycles. The van der Waals surface area contributed by atoms with Crippen LogP contribution < -0.4 is 5.32 Å². The first-order valence-corrected chi connectivity index (χ1v) is 10.7. The number of thioether (sulfide) groups is 1. The van der Waals surface area contributed by atoms with Crippen LogP contribution in [-0.4, -0.2) is 43.7 Å². The number of carbonyl (C=O) groups is 1. The third-order valence-electron chi connectivity index (χ3n) is 5.16. The summed E-state index contributed by atoms with van der Waals surface area (Å²) in [5.41, 5.74) is 1.32. The minimum absolute atomic E-state index is 0.144. The number of para-hydroxylation sites is 1. The molecule has 4 rings (SSSR count). The number of aryl methyl sites for hydroxylation is 1. The van der Waals surface area contributed by atoms with Crippen molar-refractivity contribution in [1.29, 1.82) is 0 Å². The molecule has 2 N–H and O–H groups in total. The zero-order valence-corrected chi connectivity index (χ0v) is 16.3. The first-order chi connectivity index (χ1) is 13.3. The van der Waals surface area contributed by atoms with Crippen LogP contribution in [0.4, 0.5) is 0 Å². The van der Waals surface area contributed by atoms with Crippen LogP contribution in [-0.2, 0) is 6.42 Å². The first kappa shape index (κ1) is 18.0. The molecule has 8 heteroatoms. The Bertz CT molecular complexity index is 927. The average Bonchev–Trinajstić information content (AvgIpc) is 3.43. The lowest BCUT2D eigenvalue weighted by Crippen LogP contribution is -2.25. The van der Waals surface area contributed by atoms with E-state index in [0.717, 1.165) is 34.7 Å². The van der Waals surface area contributed by atoms with Crippen molar-refractivity contribution in [2.75, 3.05) is 12.8 Å². The molecule has 0 atom stereocenters. The Hall–Kier alpha value is -2.35. The molecule has 0 saturated heterocycles. The molecule has 27 heavy (non-hydrogen) atoms. The van der Waals surface area contributed by atoms with Crippen molar-refractivity contribution in [3.05, 3.63) is 35.8 Å². The van der Waals surface area contributed by atoms with E-state index in [0.29, 0.717) is 18.3 Å². The zero-order valence-electron chi connectivity index (χ0n) is 15.4. The summed E-state index contributed by atoms with van der Waals surface area (Å²) in [6.45, 7) is 0.589. The number of fused-ring (bicyclic) bond motifs is 1. The number of H-pyrrole nitrogens is 1. The smallest absolute Gasteiger partial charge is 0.272 e. The fourth-order valence-corrected chi connectivity index (χ4v) is 4.39. The van der Waals surface area contributed by atoms with Gasteiger partial charge in [-0.1, -0.05) is 42.8 Å². The van der Waals surface area contributed by atoms with Gasteiger partial charge in [-0.15, -0.1) is 10.2 Å². The lowest BCUT2D eigenvalue weighted by atomic mass is 10.2. The van der Waals surface area contributed by atoms with E-state index in [-0.39, 0.29) is 5.91 Å². The van der Waals surface area contributed by atoms with Gasteiger partial charge in [-0.2, -0.15) is 5.10 Å². The van der Waals surface area contributed by atoms with Crippen LogP contribution in [0.3, 0.4) is 0 Å². The molecule has 7 nitrogen and oxygen atoms in total. The van der Waals surface area contributed by atoms with Crippen LogP contribution in [0.1, 0.15) is 54.5 Å². The summed E-state index contributed by atoms with van der Waals surface area (Å²) in [6, 6.07) is 8.18. The number of hydrogen-bond donors (Lipinski definition) is 2. The van der Waals surface area contributed by atoms with Crippen LogP contribution in [0.5, 0.6) is 0 Å². The Labute approximate surface area is 162 Å². The molecule has 0 unspecified atom stereocenters. The Morgan fingerprint density at radius 3 is 2.93 bits per heavy atom. The van der Waals surface area contributed by atoms with Gasteiger partial charge in [0.15, 0.2) is 10.9 Å². The molecule has 0 radical (unpaired) electrons. The number of nitrogens with zero attached hydrogens (tertiary/aromatic N) is 4. The second kappa shape index (κ2) is 8.12. The van der Waals surface area contributed by atoms with E-state index in [1.54, 1.807) is 11.8 Å². The summed E-state index contributed by atoms with van der Waals surface area (Å²) in [4.78, 5) is 12.4. The van der Waals surface area contributed by atoms with Gasteiger partial charge in [-0.05, 0) is 31.6 Å². The molecule has 1 aliphatic carbocycles. The monoisotopic (exact) mass is 384 g/mol. The maximum Gasteiger partial charge on any atom is 0.272 e. The molecule has 3 aromatic rings. The van der Waals surface area contributed by atoms with Crippen molar-refractivity contribution < 1.29 is 4.79 Å². The van der Waals surface area contributed by atoms with Crippen LogP contribution in [0.2, 0.25) is 0 Å². The minimum Gasteiger partial charge on any atom is -0.351 e. The molecule has 1 aromatic carbocycles. The van der Waals surface area contributed by atoms with Crippen molar-refractivity contribution in [3.8, 4) is 0 Å². The largest absolute Gasteiger partial charge is 0.351 e. The predicted molar refractivity (Wildman–Crippen MR) is 106 cm³/mol. The highest BCUT2D eigenvalue weighted by Gasteiger charge is 2.23. The van der Waals surface area contributed by atoms with Crippen molar-refractivity contribution in [3.63, 3.8) is 0 Å². The Morgan fingerprint density at radius 2 is 2.11 bits per heavy atom. The van der Waals surface area contributed by atoms with Gasteiger partial charge in [0.25, 0.3) is 5.91 Å². The number of aromatic amines is 1. The van der Waals surface area contributed by atoms with Crippen LogP contribution in [0.15, 0.2) is 29.4 Å². The number of nitrogens with one attached hydrogen (secondary N) is 2. The summed E-state index contributed by atoms with van der Waals surface area (Å²) in [7, 11) is 0. The van der Waals surface area contributed by atoms with Gasteiger partial charge in [0, 0.05) is 24.4 Å². The highest BCUT2D eigenvalue weighted by atomic mass is 32.2. The van der Waals surface area contributed by atoms with Gasteiger partial charge in [0.2, 0.25) is 0 Å². The first-order valence-electron chi connectivity index (χ1n) is 9.47. The number of hydrogen-bond acceptors (Lipinski definition) is 5. The van der Waals surface area contributed by atoms with Crippen molar-refractivity contribution >= 4 is 28.6 Å². The number of benzene rings is 1. The number of amides is 1. The number of rotatable bonds is 7. The summed E-state index contributed by atoms with van der Waals surface area (Å²) in [5.74, 6) is 0.889. The third-order valence-corrected chi connectivity index (χ3v) is 5.80. The molecule has 2 aromatic heterocycles. The maximum absolute atomic E-state index is 12.4. The highest BCUT2D eigenvalue weighted by molar-refractivity contribution is 7.98. The molecule has 1 aliphatic rings. The van der Waals surface area contributed by atoms with E-state index in [9.17, 15) is 4.79 Å². The number of aromatic nitrogens is 5. The summed E-state index contributed by atoms with van der Waals surface area (Å²) in [5, 5.41) is 20.6. The molecule has 2 heterocycles. The van der Waals surface area contributed by atoms with Crippen molar-refractivity contribution in [2.45, 2.75) is 49.7 Å². The highest BCUT2D eigenvalue weighted by Crippen LogP contribution is 2.33. The fourth-order valence-electron chi connectivity index (χ4n) is 3.81. The Morgan fingerprint density at radius 1 is 1.30 bits per heavy atom. The molecule has 0 spiro atoms. The van der Waals surface area contributed by atoms with Gasteiger partial charge in [0.1, 0.15) is 5.82 Å². The number of carbonyl (C=O) groups excluding carboxylic acids is 1. The van der Waals surface area contributed by atoms with Gasteiger partial charge in [0.05, 0.1) is 5.52 Å². The molecule has 0 bridgehead atoms. The molecule has 0 aliphatic heterocycles. The van der Waals surface area contributed by atoms with E-state index in [4.69, 9.17) is 0 Å². The standard InChI is InChI=1S/C19H24N6OS/c1-27-19-24-22-16(25(19)13-7-2-3-8-13)11-6-12-20-18(26)17-14-9-4-5-10-15(14)21-23-17/h4-5,9-10,13H,2-3,6-8,11-12H2,1H3,(H,20,26)(H,21,23). The quantitative estimate of drug-likeness (QED) is 0.482. The van der Waals surface area contributed by atoms with Crippen LogP contribution >= 0.6 is 11.8 Å². The molecule has 1 amide bonds. The Balaban J connectivity index is 1.35. The molecular weight excluding hydrogens is 360 g/mol. The average molecular weight is 385 g/mol. The van der Waals surface area contributed by atoms with E-state index in [2.05, 4.69) is 30.3 Å². The van der Waals surface area contributed by atoms with E-state index >= 15 is 0 Å². The normalized spacial score (nSPS) is 14.9. The second-order valence-corrected chi connectivity index (χ2v) is 7.66. The van der Waals surface area contributed by atoms with E-state index in [1.807, 2.05) is 30.5 Å². The van der Waals surface area contributed by atoms with Crippen LogP contribution in [0.25, 0.3) is 10.9 Å². The third kappa shape index (κ3) is 3.71. The molecule has 142 valence electrons. The Kier molecular flexibility index (Phi) is 5.42. The summed E-state index contributed by atoms with van der Waals surface area (Å²) >= 11 is 1.65. The zero-order chi connectivity index (χ0) is 18.6. The molecule has 1 fully saturated rings. The topological polar surface area (TPSA) is 88.5 Å². The summed E-state index contributed by atoms with van der Waals surface area (Å²) in [6.07, 6.45) is 8.67. The van der Waals surface area contributed by atoms with Crippen molar-refractivity contribution in [2.24, 2.45) is 0 Å². The van der Waals surface area contributed by atoms with Gasteiger partial charge in [-0.3, -0.25) is 9.89 Å². The minimum atomic E-state index is -0.144. The lowest BCUT2D eigenvalue weighted by Gasteiger charge is -2.16. The van der Waals surface area contributed by atoms with Gasteiger partial charge < -0.3 is 9.88 Å². The SMILES string of the molecule is CSc1nnc(CCCNC(=O)c2n[nH]c3ccccc23)n1C1CCCC1. The van der Waals surface area contributed by atoms with Crippen molar-refractivity contribution in [1.82, 2.24) is 30.3 Å².